The molecule has 1 aliphatic rings. The van der Waals surface area contributed by atoms with Gasteiger partial charge in [-0.15, -0.1) is 0 Å². The predicted octanol–water partition coefficient (Wildman–Crippen LogP) is 1.55. The van der Waals surface area contributed by atoms with Crippen molar-refractivity contribution in [3.8, 4) is 5.75 Å². The van der Waals surface area contributed by atoms with E-state index in [0.29, 0.717) is 37.1 Å². The molecule has 33 heavy (non-hydrogen) atoms. The Kier molecular flexibility index (Phi) is 6.66. The molecule has 4 rings (SSSR count). The summed E-state index contributed by atoms with van der Waals surface area (Å²) in [6, 6.07) is 15.2. The first-order valence-electron chi connectivity index (χ1n) is 10.7. The van der Waals surface area contributed by atoms with Crippen molar-refractivity contribution in [1.82, 2.24) is 14.6 Å². The van der Waals surface area contributed by atoms with Crippen LogP contribution in [-0.4, -0.2) is 64.0 Å². The summed E-state index contributed by atoms with van der Waals surface area (Å²) in [6.45, 7) is 2.61. The number of carbonyl (C=O) groups is 1. The summed E-state index contributed by atoms with van der Waals surface area (Å²) in [7, 11) is -2.14. The first-order chi connectivity index (χ1) is 15.9. The Hall–Kier alpha value is -3.37. The Balaban J connectivity index is 1.28. The van der Waals surface area contributed by atoms with Crippen LogP contribution < -0.4 is 19.9 Å². The van der Waals surface area contributed by atoms with Crippen molar-refractivity contribution in [3.63, 3.8) is 0 Å². The van der Waals surface area contributed by atoms with Gasteiger partial charge in [-0.1, -0.05) is 0 Å². The lowest BCUT2D eigenvalue weighted by Crippen LogP contribution is -2.49. The summed E-state index contributed by atoms with van der Waals surface area (Å²) in [5.41, 5.74) is 1.39. The summed E-state index contributed by atoms with van der Waals surface area (Å²) >= 11 is 0. The number of benzene rings is 2. The standard InChI is InChI=1S/C23H26N4O5S/c1-32-19-5-3-18(4-6-19)26-12-14-27(15-13-26)23(29)10-11-24-33(30,31)20-7-8-21-17(16-20)2-9-22(28)25-21/h2-9,16,24H,10-15H2,1H3,(H,25,28). The number of hydrogen-bond donors (Lipinski definition) is 2. The molecule has 0 radical (unpaired) electrons. The number of H-pyrrole nitrogens is 1. The van der Waals surface area contributed by atoms with Gasteiger partial charge in [0.05, 0.1) is 12.0 Å². The summed E-state index contributed by atoms with van der Waals surface area (Å²) in [5.74, 6) is 0.719. The number of aromatic amines is 1. The quantitative estimate of drug-likeness (QED) is 0.542. The van der Waals surface area contributed by atoms with Crippen molar-refractivity contribution in [3.05, 3.63) is 65.0 Å². The molecule has 0 unspecified atom stereocenters. The van der Waals surface area contributed by atoms with Gasteiger partial charge in [0.15, 0.2) is 0 Å². The van der Waals surface area contributed by atoms with Gasteiger partial charge in [-0.25, -0.2) is 13.1 Å². The molecular weight excluding hydrogens is 444 g/mol. The number of anilines is 1. The fourth-order valence-electron chi connectivity index (χ4n) is 3.84. The van der Waals surface area contributed by atoms with E-state index < -0.39 is 10.0 Å². The van der Waals surface area contributed by atoms with Crippen LogP contribution in [0.2, 0.25) is 0 Å². The number of amides is 1. The fraction of sp³-hybridized carbons (Fsp3) is 0.304. The average Bonchev–Trinajstić information content (AvgIpc) is 2.83. The number of carbonyl (C=O) groups excluding carboxylic acids is 1. The number of aromatic nitrogens is 1. The van der Waals surface area contributed by atoms with Crippen LogP contribution in [0.4, 0.5) is 5.69 Å². The van der Waals surface area contributed by atoms with Gasteiger partial charge >= 0.3 is 0 Å². The predicted molar refractivity (Wildman–Crippen MR) is 126 cm³/mol. The van der Waals surface area contributed by atoms with Gasteiger partial charge in [0.25, 0.3) is 0 Å². The maximum atomic E-state index is 12.6. The van der Waals surface area contributed by atoms with Gasteiger partial charge in [0.1, 0.15) is 5.75 Å². The number of nitrogens with one attached hydrogen (secondary N) is 2. The van der Waals surface area contributed by atoms with Crippen LogP contribution in [0.15, 0.2) is 64.3 Å². The SMILES string of the molecule is COc1ccc(N2CCN(C(=O)CCNS(=O)(=O)c3ccc4[nH]c(=O)ccc4c3)CC2)cc1. The number of fused-ring (bicyclic) bond motifs is 1. The number of hydrogen-bond acceptors (Lipinski definition) is 6. The highest BCUT2D eigenvalue weighted by molar-refractivity contribution is 7.89. The van der Waals surface area contributed by atoms with Crippen molar-refractivity contribution in [2.24, 2.45) is 0 Å². The van der Waals surface area contributed by atoms with Gasteiger partial charge in [-0.3, -0.25) is 9.59 Å². The van der Waals surface area contributed by atoms with E-state index in [4.69, 9.17) is 4.74 Å². The molecule has 1 aliphatic heterocycles. The molecule has 2 aromatic carbocycles. The molecule has 0 aliphatic carbocycles. The highest BCUT2D eigenvalue weighted by atomic mass is 32.2. The van der Waals surface area contributed by atoms with Crippen molar-refractivity contribution < 1.29 is 17.9 Å². The topological polar surface area (TPSA) is 112 Å². The van der Waals surface area contributed by atoms with Gasteiger partial charge in [-0.2, -0.15) is 0 Å². The van der Waals surface area contributed by atoms with Gasteiger partial charge < -0.3 is 19.5 Å². The van der Waals surface area contributed by atoms with Gasteiger partial charge in [0.2, 0.25) is 21.5 Å². The minimum absolute atomic E-state index is 0.0174. The summed E-state index contributed by atoms with van der Waals surface area (Å²) < 4.78 is 32.9. The van der Waals surface area contributed by atoms with Crippen LogP contribution in [0.5, 0.6) is 5.75 Å². The van der Waals surface area contributed by atoms with Gasteiger partial charge in [0, 0.05) is 56.4 Å². The van der Waals surface area contributed by atoms with Crippen molar-refractivity contribution in [2.45, 2.75) is 11.3 Å². The highest BCUT2D eigenvalue weighted by Gasteiger charge is 2.22. The van der Waals surface area contributed by atoms with E-state index in [2.05, 4.69) is 14.6 Å². The zero-order valence-electron chi connectivity index (χ0n) is 18.3. The van der Waals surface area contributed by atoms with Crippen LogP contribution >= 0.6 is 0 Å². The van der Waals surface area contributed by atoms with E-state index in [1.807, 2.05) is 24.3 Å². The fourth-order valence-corrected chi connectivity index (χ4v) is 4.91. The second-order valence-corrected chi connectivity index (χ2v) is 9.55. The van der Waals surface area contributed by atoms with E-state index in [1.165, 1.54) is 18.2 Å². The lowest BCUT2D eigenvalue weighted by molar-refractivity contribution is -0.131. The molecule has 9 nitrogen and oxygen atoms in total. The molecule has 1 aromatic heterocycles. The van der Waals surface area contributed by atoms with Gasteiger partial charge in [-0.05, 0) is 53.9 Å². The largest absolute Gasteiger partial charge is 0.497 e. The third-order valence-electron chi connectivity index (χ3n) is 5.71. The van der Waals surface area contributed by atoms with E-state index in [1.54, 1.807) is 24.1 Å². The maximum absolute atomic E-state index is 12.6. The number of methoxy groups -OCH3 is 1. The Morgan fingerprint density at radius 2 is 1.76 bits per heavy atom. The smallest absolute Gasteiger partial charge is 0.248 e. The molecule has 1 amide bonds. The molecule has 0 bridgehead atoms. The molecule has 174 valence electrons. The van der Waals surface area contributed by atoms with Crippen molar-refractivity contribution in [1.29, 1.82) is 0 Å². The molecule has 0 atom stereocenters. The summed E-state index contributed by atoms with van der Waals surface area (Å²) in [6.07, 6.45) is 0.0860. The lowest BCUT2D eigenvalue weighted by Gasteiger charge is -2.36. The first kappa shape index (κ1) is 22.8. The minimum atomic E-state index is -3.77. The van der Waals surface area contributed by atoms with Crippen LogP contribution in [0, 0.1) is 0 Å². The van der Waals surface area contributed by atoms with Crippen LogP contribution in [-0.2, 0) is 14.8 Å². The number of rotatable bonds is 7. The van der Waals surface area contributed by atoms with Crippen LogP contribution in [0.1, 0.15) is 6.42 Å². The molecule has 10 heteroatoms. The Morgan fingerprint density at radius 1 is 1.03 bits per heavy atom. The lowest BCUT2D eigenvalue weighted by atomic mass is 10.2. The van der Waals surface area contributed by atoms with Crippen LogP contribution in [0.25, 0.3) is 10.9 Å². The second-order valence-electron chi connectivity index (χ2n) is 7.79. The van der Waals surface area contributed by atoms with Crippen molar-refractivity contribution >= 4 is 32.5 Å². The molecule has 2 N–H and O–H groups in total. The van der Waals surface area contributed by atoms with E-state index in [0.717, 1.165) is 11.4 Å². The monoisotopic (exact) mass is 470 g/mol. The number of nitrogens with zero attached hydrogens (tertiary/aromatic N) is 2. The molecular formula is C23H26N4O5S. The van der Waals surface area contributed by atoms with Crippen LogP contribution in [0.3, 0.4) is 0 Å². The molecule has 0 saturated carbocycles. The summed E-state index contributed by atoms with van der Waals surface area (Å²) in [5, 5.41) is 0.614. The van der Waals surface area contributed by atoms with E-state index in [9.17, 15) is 18.0 Å². The number of ether oxygens (including phenoxy) is 1. The van der Waals surface area contributed by atoms with E-state index in [-0.39, 0.29) is 29.3 Å². The molecule has 1 fully saturated rings. The third-order valence-corrected chi connectivity index (χ3v) is 7.17. The molecule has 0 spiro atoms. The molecule has 3 aromatic rings. The third kappa shape index (κ3) is 5.35. The highest BCUT2D eigenvalue weighted by Crippen LogP contribution is 2.21. The Bertz CT molecular complexity index is 1300. The zero-order valence-corrected chi connectivity index (χ0v) is 19.1. The van der Waals surface area contributed by atoms with Crippen molar-refractivity contribution in [2.75, 3.05) is 44.7 Å². The summed E-state index contributed by atoms with van der Waals surface area (Å²) in [4.78, 5) is 30.7. The number of piperazine rings is 1. The first-order valence-corrected chi connectivity index (χ1v) is 12.1. The Labute approximate surface area is 192 Å². The number of sulfonamides is 1. The molecule has 1 saturated heterocycles. The maximum Gasteiger partial charge on any atom is 0.248 e. The zero-order chi connectivity index (χ0) is 23.4. The Morgan fingerprint density at radius 3 is 2.45 bits per heavy atom. The minimum Gasteiger partial charge on any atom is -0.497 e. The molecule has 2 heterocycles. The number of pyridine rings is 1. The normalized spacial score (nSPS) is 14.5. The average molecular weight is 471 g/mol. The second kappa shape index (κ2) is 9.63. The van der Waals surface area contributed by atoms with E-state index >= 15 is 0 Å².